The lowest BCUT2D eigenvalue weighted by atomic mass is 10.1. The van der Waals surface area contributed by atoms with Gasteiger partial charge in [-0.1, -0.05) is 60.7 Å². The molecule has 0 bridgehead atoms. The summed E-state index contributed by atoms with van der Waals surface area (Å²) in [6.07, 6.45) is 1.69. The third-order valence-corrected chi connectivity index (χ3v) is 2.42. The van der Waals surface area contributed by atoms with E-state index in [2.05, 4.69) is 0 Å². The van der Waals surface area contributed by atoms with Gasteiger partial charge in [-0.15, -0.1) is 0 Å². The highest BCUT2D eigenvalue weighted by Gasteiger charge is 2.07. The lowest BCUT2D eigenvalue weighted by Crippen LogP contribution is -2.11. The Morgan fingerprint density at radius 2 is 1.41 bits per heavy atom. The van der Waals surface area contributed by atoms with Crippen molar-refractivity contribution in [2.24, 2.45) is 5.73 Å². The molecule has 17 heavy (non-hydrogen) atoms. The first-order valence-corrected chi connectivity index (χ1v) is 5.39. The summed E-state index contributed by atoms with van der Waals surface area (Å²) < 4.78 is 0. The number of hydrogen-bond acceptors (Lipinski definition) is 2. The molecule has 2 nitrogen and oxygen atoms in total. The Kier molecular flexibility index (Phi) is 3.36. The summed E-state index contributed by atoms with van der Waals surface area (Å²) >= 11 is 0. The van der Waals surface area contributed by atoms with Gasteiger partial charge in [0.25, 0.3) is 0 Å². The van der Waals surface area contributed by atoms with Crippen molar-refractivity contribution in [3.05, 3.63) is 77.5 Å². The molecule has 0 aliphatic rings. The van der Waals surface area contributed by atoms with Crippen LogP contribution in [0.4, 0.5) is 0 Å². The van der Waals surface area contributed by atoms with E-state index in [0.717, 1.165) is 5.56 Å². The van der Waals surface area contributed by atoms with Gasteiger partial charge in [-0.2, -0.15) is 0 Å². The zero-order valence-corrected chi connectivity index (χ0v) is 9.34. The Bertz CT molecular complexity index is 529. The second kappa shape index (κ2) is 5.12. The molecule has 2 aromatic rings. The molecule has 0 unspecified atom stereocenters. The van der Waals surface area contributed by atoms with Crippen molar-refractivity contribution in [2.75, 3.05) is 0 Å². The summed E-state index contributed by atoms with van der Waals surface area (Å²) in [5, 5.41) is 0. The van der Waals surface area contributed by atoms with Crippen molar-refractivity contribution in [1.82, 2.24) is 0 Å². The van der Waals surface area contributed by atoms with Gasteiger partial charge in [-0.3, -0.25) is 4.79 Å². The molecule has 84 valence electrons. The van der Waals surface area contributed by atoms with Gasteiger partial charge in [0.1, 0.15) is 0 Å². The number of hydrogen-bond donors (Lipinski definition) is 1. The Morgan fingerprint density at radius 1 is 0.882 bits per heavy atom. The first-order valence-electron chi connectivity index (χ1n) is 5.39. The Hall–Kier alpha value is -2.35. The predicted molar refractivity (Wildman–Crippen MR) is 69.4 cm³/mol. The first-order chi connectivity index (χ1) is 8.27. The minimum atomic E-state index is -0.144. The Morgan fingerprint density at radius 3 is 2.00 bits per heavy atom. The number of Topliss-reactive ketones (excluding diaryl/α,β-unsaturated/α-hetero) is 1. The van der Waals surface area contributed by atoms with Crippen LogP contribution in [-0.2, 0) is 0 Å². The number of benzene rings is 2. The monoisotopic (exact) mass is 223 g/mol. The lowest BCUT2D eigenvalue weighted by Gasteiger charge is -2.01. The number of ketones is 1. The Balaban J connectivity index is 2.24. The van der Waals surface area contributed by atoms with E-state index in [4.69, 9.17) is 5.73 Å². The van der Waals surface area contributed by atoms with E-state index in [1.807, 2.05) is 48.5 Å². The molecule has 0 spiro atoms. The number of carbonyl (C=O) groups is 1. The standard InChI is InChI=1S/C15H13NO/c16-14(11-12-7-3-1-4-8-12)15(17)13-9-5-2-6-10-13/h1-11H,16H2. The van der Waals surface area contributed by atoms with Gasteiger partial charge in [0, 0.05) is 5.56 Å². The van der Waals surface area contributed by atoms with Gasteiger partial charge in [-0.05, 0) is 11.6 Å². The average Bonchev–Trinajstić information content (AvgIpc) is 2.40. The van der Waals surface area contributed by atoms with E-state index in [1.165, 1.54) is 0 Å². The average molecular weight is 223 g/mol. The summed E-state index contributed by atoms with van der Waals surface area (Å²) in [5.74, 6) is -0.144. The third kappa shape index (κ3) is 2.82. The zero-order valence-electron chi connectivity index (χ0n) is 9.34. The summed E-state index contributed by atoms with van der Waals surface area (Å²) in [6, 6.07) is 18.6. The minimum Gasteiger partial charge on any atom is -0.396 e. The van der Waals surface area contributed by atoms with E-state index in [0.29, 0.717) is 5.56 Å². The smallest absolute Gasteiger partial charge is 0.208 e. The van der Waals surface area contributed by atoms with Crippen LogP contribution >= 0.6 is 0 Å². The van der Waals surface area contributed by atoms with E-state index < -0.39 is 0 Å². The molecule has 0 radical (unpaired) electrons. The summed E-state index contributed by atoms with van der Waals surface area (Å²) in [6.45, 7) is 0. The topological polar surface area (TPSA) is 43.1 Å². The maximum atomic E-state index is 12.0. The van der Waals surface area contributed by atoms with E-state index in [1.54, 1.807) is 18.2 Å². The van der Waals surface area contributed by atoms with Crippen molar-refractivity contribution in [3.8, 4) is 0 Å². The van der Waals surface area contributed by atoms with Crippen molar-refractivity contribution in [3.63, 3.8) is 0 Å². The normalized spacial score (nSPS) is 11.2. The van der Waals surface area contributed by atoms with E-state index in [9.17, 15) is 4.79 Å². The van der Waals surface area contributed by atoms with Crippen LogP contribution in [-0.4, -0.2) is 5.78 Å². The van der Waals surface area contributed by atoms with Gasteiger partial charge >= 0.3 is 0 Å². The molecular formula is C15H13NO. The van der Waals surface area contributed by atoms with Gasteiger partial charge in [0.05, 0.1) is 5.70 Å². The zero-order chi connectivity index (χ0) is 12.1. The molecule has 0 atom stereocenters. The Labute approximate surface area is 100 Å². The molecule has 2 aromatic carbocycles. The van der Waals surface area contributed by atoms with Crippen LogP contribution in [0.25, 0.3) is 6.08 Å². The van der Waals surface area contributed by atoms with Gasteiger partial charge in [0.2, 0.25) is 5.78 Å². The molecular weight excluding hydrogens is 210 g/mol. The van der Waals surface area contributed by atoms with Crippen LogP contribution < -0.4 is 5.73 Å². The number of carbonyl (C=O) groups excluding carboxylic acids is 1. The van der Waals surface area contributed by atoms with E-state index in [-0.39, 0.29) is 11.5 Å². The van der Waals surface area contributed by atoms with Crippen LogP contribution in [0.1, 0.15) is 15.9 Å². The molecule has 0 aliphatic heterocycles. The maximum absolute atomic E-state index is 12.0. The fourth-order valence-corrected chi connectivity index (χ4v) is 1.55. The highest BCUT2D eigenvalue weighted by molar-refractivity contribution is 6.10. The van der Waals surface area contributed by atoms with Gasteiger partial charge in [0.15, 0.2) is 0 Å². The van der Waals surface area contributed by atoms with E-state index >= 15 is 0 Å². The first kappa shape index (κ1) is 11.1. The molecule has 0 saturated heterocycles. The minimum absolute atomic E-state index is 0.144. The molecule has 0 heterocycles. The molecule has 2 rings (SSSR count). The molecule has 2 heteroatoms. The SMILES string of the molecule is NC(=Cc1ccccc1)C(=O)c1ccccc1. The van der Waals surface area contributed by atoms with Gasteiger partial charge < -0.3 is 5.73 Å². The number of nitrogens with two attached hydrogens (primary N) is 1. The van der Waals surface area contributed by atoms with Crippen LogP contribution in [0.3, 0.4) is 0 Å². The molecule has 0 amide bonds. The van der Waals surface area contributed by atoms with Crippen molar-refractivity contribution in [1.29, 1.82) is 0 Å². The predicted octanol–water partition coefficient (Wildman–Crippen LogP) is 2.87. The number of allylic oxidation sites excluding steroid dienone is 1. The fraction of sp³-hybridized carbons (Fsp3) is 0. The van der Waals surface area contributed by atoms with Crippen LogP contribution in [0, 0.1) is 0 Å². The fourth-order valence-electron chi connectivity index (χ4n) is 1.55. The lowest BCUT2D eigenvalue weighted by molar-refractivity contribution is 0.103. The molecule has 2 N–H and O–H groups in total. The quantitative estimate of drug-likeness (QED) is 0.642. The summed E-state index contributed by atoms with van der Waals surface area (Å²) in [7, 11) is 0. The molecule has 0 fully saturated rings. The largest absolute Gasteiger partial charge is 0.396 e. The second-order valence-corrected chi connectivity index (χ2v) is 3.71. The molecule has 0 aromatic heterocycles. The molecule has 0 aliphatic carbocycles. The summed E-state index contributed by atoms with van der Waals surface area (Å²) in [4.78, 5) is 12.0. The van der Waals surface area contributed by atoms with Crippen molar-refractivity contribution < 1.29 is 4.79 Å². The van der Waals surface area contributed by atoms with Crippen molar-refractivity contribution >= 4 is 11.9 Å². The highest BCUT2D eigenvalue weighted by atomic mass is 16.1. The second-order valence-electron chi connectivity index (χ2n) is 3.71. The third-order valence-electron chi connectivity index (χ3n) is 2.42. The number of rotatable bonds is 3. The molecule has 0 saturated carbocycles. The summed E-state index contributed by atoms with van der Waals surface area (Å²) in [5.41, 5.74) is 7.58. The van der Waals surface area contributed by atoms with Crippen LogP contribution in [0.5, 0.6) is 0 Å². The van der Waals surface area contributed by atoms with Crippen LogP contribution in [0.2, 0.25) is 0 Å². The van der Waals surface area contributed by atoms with Crippen LogP contribution in [0.15, 0.2) is 66.4 Å². The van der Waals surface area contributed by atoms with Crippen molar-refractivity contribution in [2.45, 2.75) is 0 Å². The maximum Gasteiger partial charge on any atom is 0.208 e. The van der Waals surface area contributed by atoms with Gasteiger partial charge in [-0.25, -0.2) is 0 Å². The highest BCUT2D eigenvalue weighted by Crippen LogP contribution is 2.08.